The zero-order chi connectivity index (χ0) is 18.0. The summed E-state index contributed by atoms with van der Waals surface area (Å²) in [6.45, 7) is 5.46. The molecule has 8 heteroatoms. The highest BCUT2D eigenvalue weighted by molar-refractivity contribution is 6.03. The standard InChI is InChI=1S/C16H23N3O5/c1-10-8-13(21)18(15(10)23)6-4-17(12(3)20)5-7-19-14(22)9-11(2)16(19)24/h10-11H,4-9H2,1-3H3. The van der Waals surface area contributed by atoms with Crippen LogP contribution in [0, 0.1) is 11.8 Å². The lowest BCUT2D eigenvalue weighted by molar-refractivity contribution is -0.141. The largest absolute Gasteiger partial charge is 0.339 e. The van der Waals surface area contributed by atoms with Gasteiger partial charge in [-0.2, -0.15) is 0 Å². The van der Waals surface area contributed by atoms with Crippen molar-refractivity contribution in [1.82, 2.24) is 14.7 Å². The molecule has 132 valence electrons. The minimum Gasteiger partial charge on any atom is -0.339 e. The van der Waals surface area contributed by atoms with E-state index in [0.29, 0.717) is 0 Å². The summed E-state index contributed by atoms with van der Waals surface area (Å²) >= 11 is 0. The molecule has 2 aliphatic rings. The Kier molecular flexibility index (Phi) is 5.36. The van der Waals surface area contributed by atoms with Gasteiger partial charge in [0.1, 0.15) is 0 Å². The summed E-state index contributed by atoms with van der Waals surface area (Å²) in [4.78, 5) is 62.9. The first-order chi connectivity index (χ1) is 11.2. The molecule has 2 aliphatic heterocycles. The van der Waals surface area contributed by atoms with Crippen molar-refractivity contribution in [2.24, 2.45) is 11.8 Å². The van der Waals surface area contributed by atoms with Crippen LogP contribution < -0.4 is 0 Å². The molecule has 2 heterocycles. The highest BCUT2D eigenvalue weighted by Crippen LogP contribution is 2.19. The monoisotopic (exact) mass is 337 g/mol. The van der Waals surface area contributed by atoms with E-state index in [4.69, 9.17) is 0 Å². The lowest BCUT2D eigenvalue weighted by Gasteiger charge is -2.26. The first-order valence-electron chi connectivity index (χ1n) is 8.16. The molecule has 0 saturated carbocycles. The first kappa shape index (κ1) is 18.1. The average Bonchev–Trinajstić information content (AvgIpc) is 2.88. The maximum atomic E-state index is 11.9. The molecule has 0 aliphatic carbocycles. The second-order valence-corrected chi connectivity index (χ2v) is 6.48. The van der Waals surface area contributed by atoms with E-state index in [9.17, 15) is 24.0 Å². The number of hydrogen-bond donors (Lipinski definition) is 0. The highest BCUT2D eigenvalue weighted by atomic mass is 16.2. The molecule has 2 rings (SSSR count). The van der Waals surface area contributed by atoms with E-state index in [-0.39, 0.29) is 80.4 Å². The maximum absolute atomic E-state index is 11.9. The van der Waals surface area contributed by atoms with Crippen LogP contribution in [-0.4, -0.2) is 70.4 Å². The second kappa shape index (κ2) is 7.11. The quantitative estimate of drug-likeness (QED) is 0.616. The molecule has 0 N–H and O–H groups in total. The van der Waals surface area contributed by atoms with Crippen molar-refractivity contribution >= 4 is 29.5 Å². The summed E-state index contributed by atoms with van der Waals surface area (Å²) in [5.74, 6) is -1.75. The zero-order valence-electron chi connectivity index (χ0n) is 14.3. The van der Waals surface area contributed by atoms with Gasteiger partial charge in [-0.25, -0.2) is 0 Å². The predicted molar refractivity (Wildman–Crippen MR) is 83.3 cm³/mol. The lowest BCUT2D eigenvalue weighted by Crippen LogP contribution is -2.44. The van der Waals surface area contributed by atoms with E-state index >= 15 is 0 Å². The fraction of sp³-hybridized carbons (Fsp3) is 0.688. The summed E-state index contributed by atoms with van der Waals surface area (Å²) in [5.41, 5.74) is 0. The molecule has 24 heavy (non-hydrogen) atoms. The normalized spacial score (nSPS) is 24.3. The molecular formula is C16H23N3O5. The topological polar surface area (TPSA) is 95.1 Å². The van der Waals surface area contributed by atoms with Crippen molar-refractivity contribution < 1.29 is 24.0 Å². The van der Waals surface area contributed by atoms with Gasteiger partial charge in [-0.1, -0.05) is 13.8 Å². The highest BCUT2D eigenvalue weighted by Gasteiger charge is 2.37. The van der Waals surface area contributed by atoms with E-state index < -0.39 is 0 Å². The molecule has 0 aromatic rings. The van der Waals surface area contributed by atoms with Gasteiger partial charge in [-0.05, 0) is 0 Å². The van der Waals surface area contributed by atoms with Gasteiger partial charge in [0.05, 0.1) is 0 Å². The lowest BCUT2D eigenvalue weighted by atomic mass is 10.1. The third kappa shape index (κ3) is 3.63. The van der Waals surface area contributed by atoms with Crippen LogP contribution in [0.15, 0.2) is 0 Å². The van der Waals surface area contributed by atoms with Gasteiger partial charge in [0, 0.05) is 57.8 Å². The van der Waals surface area contributed by atoms with Gasteiger partial charge < -0.3 is 4.90 Å². The Hall–Kier alpha value is -2.25. The molecule has 0 aromatic carbocycles. The summed E-state index contributed by atoms with van der Waals surface area (Å²) < 4.78 is 0. The van der Waals surface area contributed by atoms with Crippen LogP contribution in [0.5, 0.6) is 0 Å². The molecule has 2 fully saturated rings. The summed E-state index contributed by atoms with van der Waals surface area (Å²) in [5, 5.41) is 0. The third-order valence-corrected chi connectivity index (χ3v) is 4.57. The van der Waals surface area contributed by atoms with Gasteiger partial charge in [0.2, 0.25) is 29.5 Å². The molecule has 0 bridgehead atoms. The van der Waals surface area contributed by atoms with E-state index in [1.807, 2.05) is 0 Å². The van der Waals surface area contributed by atoms with Crippen molar-refractivity contribution in [3.8, 4) is 0 Å². The zero-order valence-corrected chi connectivity index (χ0v) is 14.3. The van der Waals surface area contributed by atoms with Crippen LogP contribution in [0.4, 0.5) is 0 Å². The number of likely N-dealkylation sites (tertiary alicyclic amines) is 2. The van der Waals surface area contributed by atoms with E-state index in [0.717, 1.165) is 0 Å². The van der Waals surface area contributed by atoms with Crippen LogP contribution in [0.25, 0.3) is 0 Å². The van der Waals surface area contributed by atoms with Crippen molar-refractivity contribution in [3.05, 3.63) is 0 Å². The molecule has 2 saturated heterocycles. The van der Waals surface area contributed by atoms with E-state index in [1.165, 1.54) is 21.6 Å². The Labute approximate surface area is 140 Å². The fourth-order valence-corrected chi connectivity index (χ4v) is 3.03. The fourth-order valence-electron chi connectivity index (χ4n) is 3.03. The number of nitrogens with zero attached hydrogens (tertiary/aromatic N) is 3. The van der Waals surface area contributed by atoms with Crippen LogP contribution in [0.2, 0.25) is 0 Å². The summed E-state index contributed by atoms with van der Waals surface area (Å²) in [6, 6.07) is 0. The number of amides is 5. The molecular weight excluding hydrogens is 314 g/mol. The van der Waals surface area contributed by atoms with Crippen LogP contribution in [-0.2, 0) is 24.0 Å². The predicted octanol–water partition coefficient (Wildman–Crippen LogP) is -0.375. The molecule has 0 radical (unpaired) electrons. The Bertz CT molecular complexity index is 544. The van der Waals surface area contributed by atoms with Gasteiger partial charge in [-0.3, -0.25) is 33.8 Å². The number of carbonyl (C=O) groups is 5. The number of carbonyl (C=O) groups excluding carboxylic acids is 5. The van der Waals surface area contributed by atoms with Gasteiger partial charge in [0.25, 0.3) is 0 Å². The van der Waals surface area contributed by atoms with Crippen LogP contribution in [0.1, 0.15) is 33.6 Å². The molecule has 2 atom stereocenters. The van der Waals surface area contributed by atoms with Crippen molar-refractivity contribution in [3.63, 3.8) is 0 Å². The van der Waals surface area contributed by atoms with Crippen LogP contribution in [0.3, 0.4) is 0 Å². The summed E-state index contributed by atoms with van der Waals surface area (Å²) in [7, 11) is 0. The van der Waals surface area contributed by atoms with E-state index in [2.05, 4.69) is 0 Å². The van der Waals surface area contributed by atoms with Gasteiger partial charge in [0.15, 0.2) is 0 Å². The van der Waals surface area contributed by atoms with Crippen molar-refractivity contribution in [2.75, 3.05) is 26.2 Å². The number of rotatable bonds is 6. The van der Waals surface area contributed by atoms with Crippen LogP contribution >= 0.6 is 0 Å². The maximum Gasteiger partial charge on any atom is 0.232 e. The second-order valence-electron chi connectivity index (χ2n) is 6.48. The third-order valence-electron chi connectivity index (χ3n) is 4.57. The SMILES string of the molecule is CC(=O)N(CCN1C(=O)CC(C)C1=O)CCN1C(=O)CC(C)C1=O. The Morgan fingerprint density at radius 2 is 1.29 bits per heavy atom. The first-order valence-corrected chi connectivity index (χ1v) is 8.16. The van der Waals surface area contributed by atoms with Crippen molar-refractivity contribution in [1.29, 1.82) is 0 Å². The molecule has 0 spiro atoms. The van der Waals surface area contributed by atoms with Crippen molar-refractivity contribution in [2.45, 2.75) is 33.6 Å². The Balaban J connectivity index is 1.90. The molecule has 0 aromatic heterocycles. The molecule has 8 nitrogen and oxygen atoms in total. The smallest absolute Gasteiger partial charge is 0.232 e. The number of hydrogen-bond acceptors (Lipinski definition) is 5. The van der Waals surface area contributed by atoms with E-state index in [1.54, 1.807) is 13.8 Å². The Morgan fingerprint density at radius 1 is 0.917 bits per heavy atom. The molecule has 5 amide bonds. The Morgan fingerprint density at radius 3 is 1.54 bits per heavy atom. The average molecular weight is 337 g/mol. The van der Waals surface area contributed by atoms with Gasteiger partial charge in [-0.15, -0.1) is 0 Å². The summed E-state index contributed by atoms with van der Waals surface area (Å²) in [6.07, 6.45) is 0.404. The molecule has 2 unspecified atom stereocenters. The number of imide groups is 2. The minimum atomic E-state index is -0.315. The minimum absolute atomic E-state index is 0.139. The van der Waals surface area contributed by atoms with Gasteiger partial charge >= 0.3 is 0 Å².